The van der Waals surface area contributed by atoms with Crippen LogP contribution >= 0.6 is 0 Å². The summed E-state index contributed by atoms with van der Waals surface area (Å²) in [5, 5.41) is 0. The molecule has 2 nitrogen and oxygen atoms in total. The molecule has 1 aliphatic heterocycles. The molecule has 0 radical (unpaired) electrons. The molecule has 94 valence electrons. The van der Waals surface area contributed by atoms with Gasteiger partial charge in [-0.1, -0.05) is 31.5 Å². The van der Waals surface area contributed by atoms with Crippen LogP contribution in [0, 0.1) is 6.92 Å². The smallest absolute Gasteiger partial charge is 0.0402 e. The Bertz CT molecular complexity index is 377. The summed E-state index contributed by atoms with van der Waals surface area (Å²) in [5.41, 5.74) is 4.31. The maximum Gasteiger partial charge on any atom is 0.0402 e. The normalized spacial score (nSPS) is 17.8. The van der Waals surface area contributed by atoms with E-state index in [0.717, 1.165) is 13.1 Å². The maximum absolute atomic E-state index is 2.54. The Kier molecular flexibility index (Phi) is 3.72. The molecule has 0 aliphatic carbocycles. The van der Waals surface area contributed by atoms with E-state index in [9.17, 15) is 0 Å². The summed E-state index contributed by atoms with van der Waals surface area (Å²) in [6, 6.07) is 6.88. The van der Waals surface area contributed by atoms with Crippen molar-refractivity contribution in [1.82, 2.24) is 4.90 Å². The van der Waals surface area contributed by atoms with Gasteiger partial charge in [-0.25, -0.2) is 0 Å². The summed E-state index contributed by atoms with van der Waals surface area (Å²) in [5.74, 6) is 0.601. The molecule has 0 spiro atoms. The summed E-state index contributed by atoms with van der Waals surface area (Å²) >= 11 is 0. The molecule has 0 N–H and O–H groups in total. The van der Waals surface area contributed by atoms with E-state index in [1.807, 2.05) is 0 Å². The van der Waals surface area contributed by atoms with Gasteiger partial charge in [0.2, 0.25) is 0 Å². The summed E-state index contributed by atoms with van der Waals surface area (Å²) < 4.78 is 0. The van der Waals surface area contributed by atoms with Gasteiger partial charge in [-0.3, -0.25) is 0 Å². The quantitative estimate of drug-likeness (QED) is 0.773. The van der Waals surface area contributed by atoms with Crippen molar-refractivity contribution < 1.29 is 0 Å². The van der Waals surface area contributed by atoms with Gasteiger partial charge in [0.05, 0.1) is 0 Å². The van der Waals surface area contributed by atoms with Gasteiger partial charge in [-0.15, -0.1) is 0 Å². The molecule has 0 aromatic heterocycles. The second kappa shape index (κ2) is 5.09. The molecule has 0 saturated carbocycles. The Morgan fingerprint density at radius 3 is 2.29 bits per heavy atom. The number of rotatable bonds is 2. The van der Waals surface area contributed by atoms with Gasteiger partial charge in [0, 0.05) is 31.9 Å². The zero-order valence-corrected chi connectivity index (χ0v) is 11.5. The first-order chi connectivity index (χ1) is 8.08. The van der Waals surface area contributed by atoms with Crippen molar-refractivity contribution in [2.75, 3.05) is 38.1 Å². The third-order valence-electron chi connectivity index (χ3n) is 3.65. The van der Waals surface area contributed by atoms with E-state index in [4.69, 9.17) is 0 Å². The number of piperazine rings is 1. The van der Waals surface area contributed by atoms with Gasteiger partial charge in [-0.2, -0.15) is 0 Å². The summed E-state index contributed by atoms with van der Waals surface area (Å²) in [6.07, 6.45) is 0. The van der Waals surface area contributed by atoms with Crippen LogP contribution in [0.4, 0.5) is 5.69 Å². The van der Waals surface area contributed by atoms with E-state index in [-0.39, 0.29) is 0 Å². The fourth-order valence-electron chi connectivity index (χ4n) is 2.47. The standard InChI is InChI=1S/C15H24N2/c1-12(2)14-11-13(3)5-6-15(14)17-9-7-16(4)8-10-17/h5-6,11-12H,7-10H2,1-4H3. The summed E-state index contributed by atoms with van der Waals surface area (Å²) in [4.78, 5) is 4.94. The molecule has 1 heterocycles. The largest absolute Gasteiger partial charge is 0.369 e. The second-order valence-corrected chi connectivity index (χ2v) is 5.51. The average molecular weight is 232 g/mol. The zero-order chi connectivity index (χ0) is 12.4. The van der Waals surface area contributed by atoms with Crippen molar-refractivity contribution in [2.24, 2.45) is 0 Å². The second-order valence-electron chi connectivity index (χ2n) is 5.51. The first kappa shape index (κ1) is 12.4. The fourth-order valence-corrected chi connectivity index (χ4v) is 2.47. The van der Waals surface area contributed by atoms with Crippen LogP contribution in [-0.4, -0.2) is 38.1 Å². The van der Waals surface area contributed by atoms with Gasteiger partial charge >= 0.3 is 0 Å². The average Bonchev–Trinajstić information content (AvgIpc) is 2.30. The number of nitrogens with zero attached hydrogens (tertiary/aromatic N) is 2. The molecule has 1 aliphatic rings. The van der Waals surface area contributed by atoms with Crippen molar-refractivity contribution in [2.45, 2.75) is 26.7 Å². The lowest BCUT2D eigenvalue weighted by atomic mass is 9.98. The molecule has 1 aromatic rings. The lowest BCUT2D eigenvalue weighted by Gasteiger charge is -2.35. The van der Waals surface area contributed by atoms with Crippen molar-refractivity contribution in [3.63, 3.8) is 0 Å². The number of anilines is 1. The van der Waals surface area contributed by atoms with Crippen LogP contribution in [0.3, 0.4) is 0 Å². The monoisotopic (exact) mass is 232 g/mol. The first-order valence-corrected chi connectivity index (χ1v) is 6.62. The molecule has 2 heteroatoms. The van der Waals surface area contributed by atoms with Crippen molar-refractivity contribution in [1.29, 1.82) is 0 Å². The minimum Gasteiger partial charge on any atom is -0.369 e. The molecule has 1 fully saturated rings. The van der Waals surface area contributed by atoms with Crippen molar-refractivity contribution in [3.8, 4) is 0 Å². The number of likely N-dealkylation sites (N-methyl/N-ethyl adjacent to an activating group) is 1. The molecule has 17 heavy (non-hydrogen) atoms. The third kappa shape index (κ3) is 2.81. The van der Waals surface area contributed by atoms with Crippen molar-refractivity contribution in [3.05, 3.63) is 29.3 Å². The molecule has 0 amide bonds. The predicted molar refractivity (Wildman–Crippen MR) is 75.0 cm³/mol. The molecule has 1 aromatic carbocycles. The van der Waals surface area contributed by atoms with Crippen LogP contribution in [0.1, 0.15) is 30.9 Å². The Labute approximate surface area is 105 Å². The topological polar surface area (TPSA) is 6.48 Å². The minimum absolute atomic E-state index is 0.601. The van der Waals surface area contributed by atoms with Crippen LogP contribution < -0.4 is 4.90 Å². The van der Waals surface area contributed by atoms with Crippen LogP contribution in [0.25, 0.3) is 0 Å². The van der Waals surface area contributed by atoms with Crippen LogP contribution in [0.5, 0.6) is 0 Å². The Morgan fingerprint density at radius 2 is 1.71 bits per heavy atom. The molecular weight excluding hydrogens is 208 g/mol. The summed E-state index contributed by atoms with van der Waals surface area (Å²) in [6.45, 7) is 11.4. The highest BCUT2D eigenvalue weighted by molar-refractivity contribution is 5.56. The van der Waals surface area contributed by atoms with Crippen LogP contribution in [0.15, 0.2) is 18.2 Å². The van der Waals surface area contributed by atoms with Gasteiger partial charge in [0.25, 0.3) is 0 Å². The summed E-state index contributed by atoms with van der Waals surface area (Å²) in [7, 11) is 2.20. The number of aryl methyl sites for hydroxylation is 1. The molecule has 1 saturated heterocycles. The Hall–Kier alpha value is -1.02. The lowest BCUT2D eigenvalue weighted by molar-refractivity contribution is 0.312. The predicted octanol–water partition coefficient (Wildman–Crippen LogP) is 2.87. The van der Waals surface area contributed by atoms with Gasteiger partial charge < -0.3 is 9.80 Å². The van der Waals surface area contributed by atoms with E-state index in [1.165, 1.54) is 29.9 Å². The molecule has 0 atom stereocenters. The Morgan fingerprint density at radius 1 is 1.06 bits per heavy atom. The van der Waals surface area contributed by atoms with E-state index in [0.29, 0.717) is 5.92 Å². The van der Waals surface area contributed by atoms with Gasteiger partial charge in [-0.05, 0) is 31.5 Å². The van der Waals surface area contributed by atoms with E-state index in [2.05, 4.69) is 55.8 Å². The third-order valence-corrected chi connectivity index (χ3v) is 3.65. The highest BCUT2D eigenvalue weighted by Gasteiger charge is 2.17. The van der Waals surface area contributed by atoms with Crippen LogP contribution in [0.2, 0.25) is 0 Å². The highest BCUT2D eigenvalue weighted by Crippen LogP contribution is 2.29. The van der Waals surface area contributed by atoms with Crippen LogP contribution in [-0.2, 0) is 0 Å². The SMILES string of the molecule is Cc1ccc(N2CCN(C)CC2)c(C(C)C)c1. The highest BCUT2D eigenvalue weighted by atomic mass is 15.2. The first-order valence-electron chi connectivity index (χ1n) is 6.62. The molecule has 2 rings (SSSR count). The zero-order valence-electron chi connectivity index (χ0n) is 11.5. The van der Waals surface area contributed by atoms with E-state index in [1.54, 1.807) is 0 Å². The maximum atomic E-state index is 2.54. The molecule has 0 unspecified atom stereocenters. The Balaban J connectivity index is 2.25. The minimum atomic E-state index is 0.601. The molecular formula is C15H24N2. The van der Waals surface area contributed by atoms with Crippen molar-refractivity contribution >= 4 is 5.69 Å². The lowest BCUT2D eigenvalue weighted by Crippen LogP contribution is -2.44. The number of hydrogen-bond donors (Lipinski definition) is 0. The van der Waals surface area contributed by atoms with E-state index < -0.39 is 0 Å². The van der Waals surface area contributed by atoms with Gasteiger partial charge in [0.15, 0.2) is 0 Å². The fraction of sp³-hybridized carbons (Fsp3) is 0.600. The van der Waals surface area contributed by atoms with E-state index >= 15 is 0 Å². The molecule has 0 bridgehead atoms. The number of hydrogen-bond acceptors (Lipinski definition) is 2. The number of benzene rings is 1. The van der Waals surface area contributed by atoms with Gasteiger partial charge in [0.1, 0.15) is 0 Å².